The van der Waals surface area contributed by atoms with Crippen LogP contribution in [0.15, 0.2) is 24.3 Å². The smallest absolute Gasteiger partial charge is 0.0223 e. The summed E-state index contributed by atoms with van der Waals surface area (Å²) in [5.41, 5.74) is 0. The molecule has 1 heteroatoms. The van der Waals surface area contributed by atoms with Gasteiger partial charge in [0.15, 0.2) is 0 Å². The molecule has 0 aromatic heterocycles. The minimum Gasteiger partial charge on any atom is -0.127 e. The lowest BCUT2D eigenvalue weighted by Gasteiger charge is -2.00. The van der Waals surface area contributed by atoms with Crippen LogP contribution in [0.4, 0.5) is 0 Å². The minimum absolute atomic E-state index is 0.721. The van der Waals surface area contributed by atoms with Crippen molar-refractivity contribution in [2.75, 3.05) is 5.88 Å². The summed E-state index contributed by atoms with van der Waals surface area (Å²) in [6, 6.07) is 0. The molecule has 94 valence electrons. The van der Waals surface area contributed by atoms with Gasteiger partial charge in [0.1, 0.15) is 0 Å². The first-order chi connectivity index (χ1) is 7.81. The third-order valence-corrected chi connectivity index (χ3v) is 2.95. The summed E-state index contributed by atoms with van der Waals surface area (Å²) >= 11 is 5.62. The average Bonchev–Trinajstić information content (AvgIpc) is 2.27. The summed E-state index contributed by atoms with van der Waals surface area (Å²) in [6.07, 6.45) is 17.8. The summed E-state index contributed by atoms with van der Waals surface area (Å²) in [5, 5.41) is 0. The molecule has 0 aromatic carbocycles. The fourth-order valence-corrected chi connectivity index (χ4v) is 1.88. The molecule has 0 radical (unpaired) electrons. The molecule has 0 heterocycles. The number of hydrogen-bond acceptors (Lipinski definition) is 0. The number of hydrogen-bond donors (Lipinski definition) is 0. The highest BCUT2D eigenvalue weighted by atomic mass is 35.5. The highest BCUT2D eigenvalue weighted by molar-refractivity contribution is 6.17. The van der Waals surface area contributed by atoms with Gasteiger partial charge in [-0.15, -0.1) is 11.6 Å². The standard InChI is InChI=1S/C15H27Cl/c1-3-12-15(2)13-10-8-6-4-5-7-9-11-14-16/h6,8,10,13,15H,3-5,7,9,11-12,14H2,1-2H3. The molecule has 0 aliphatic rings. The summed E-state index contributed by atoms with van der Waals surface area (Å²) in [5.74, 6) is 1.53. The Morgan fingerprint density at radius 2 is 1.81 bits per heavy atom. The van der Waals surface area contributed by atoms with Gasteiger partial charge in [-0.05, 0) is 31.6 Å². The third kappa shape index (κ3) is 11.8. The molecule has 1 atom stereocenters. The van der Waals surface area contributed by atoms with E-state index in [2.05, 4.69) is 38.2 Å². The Morgan fingerprint density at radius 1 is 1.06 bits per heavy atom. The molecular formula is C15H27Cl. The van der Waals surface area contributed by atoms with Crippen LogP contribution in [-0.4, -0.2) is 5.88 Å². The number of alkyl halides is 1. The van der Waals surface area contributed by atoms with E-state index in [-0.39, 0.29) is 0 Å². The Bertz CT molecular complexity index is 182. The molecule has 0 rings (SSSR count). The van der Waals surface area contributed by atoms with Gasteiger partial charge >= 0.3 is 0 Å². The zero-order valence-electron chi connectivity index (χ0n) is 10.9. The van der Waals surface area contributed by atoms with Crippen molar-refractivity contribution in [1.82, 2.24) is 0 Å². The number of halogens is 1. The minimum atomic E-state index is 0.721. The van der Waals surface area contributed by atoms with Crippen molar-refractivity contribution in [3.8, 4) is 0 Å². The van der Waals surface area contributed by atoms with Gasteiger partial charge in [-0.25, -0.2) is 0 Å². The molecule has 0 fully saturated rings. The predicted molar refractivity (Wildman–Crippen MR) is 76.2 cm³/mol. The lowest BCUT2D eigenvalue weighted by atomic mass is 10.1. The fraction of sp³-hybridized carbons (Fsp3) is 0.733. The Labute approximate surface area is 107 Å². The first-order valence-electron chi connectivity index (χ1n) is 6.70. The average molecular weight is 243 g/mol. The van der Waals surface area contributed by atoms with Gasteiger partial charge in [0.2, 0.25) is 0 Å². The quantitative estimate of drug-likeness (QED) is 0.261. The van der Waals surface area contributed by atoms with Crippen LogP contribution in [0, 0.1) is 5.92 Å². The van der Waals surface area contributed by atoms with Crippen LogP contribution in [0.2, 0.25) is 0 Å². The summed E-state index contributed by atoms with van der Waals surface area (Å²) in [4.78, 5) is 0. The van der Waals surface area contributed by atoms with Gasteiger partial charge in [0, 0.05) is 5.88 Å². The SMILES string of the molecule is CCCC(C)C=CC=CCCCCCCCl. The summed E-state index contributed by atoms with van der Waals surface area (Å²) in [6.45, 7) is 4.51. The molecule has 0 amide bonds. The molecule has 0 N–H and O–H groups in total. The van der Waals surface area contributed by atoms with Crippen molar-refractivity contribution in [2.24, 2.45) is 5.92 Å². The van der Waals surface area contributed by atoms with E-state index in [9.17, 15) is 0 Å². The molecule has 0 saturated heterocycles. The molecule has 1 unspecified atom stereocenters. The van der Waals surface area contributed by atoms with Gasteiger partial charge in [0.25, 0.3) is 0 Å². The normalized spacial score (nSPS) is 13.9. The maximum atomic E-state index is 5.62. The Balaban J connectivity index is 3.33. The van der Waals surface area contributed by atoms with Crippen LogP contribution < -0.4 is 0 Å². The Morgan fingerprint density at radius 3 is 2.50 bits per heavy atom. The van der Waals surface area contributed by atoms with E-state index < -0.39 is 0 Å². The summed E-state index contributed by atoms with van der Waals surface area (Å²) in [7, 11) is 0. The molecule has 0 spiro atoms. The van der Waals surface area contributed by atoms with Crippen LogP contribution in [0.5, 0.6) is 0 Å². The molecular weight excluding hydrogens is 216 g/mol. The number of rotatable bonds is 10. The van der Waals surface area contributed by atoms with Gasteiger partial charge in [-0.1, -0.05) is 57.4 Å². The second-order valence-electron chi connectivity index (χ2n) is 4.47. The lowest BCUT2D eigenvalue weighted by Crippen LogP contribution is -1.86. The van der Waals surface area contributed by atoms with Crippen molar-refractivity contribution < 1.29 is 0 Å². The first-order valence-corrected chi connectivity index (χ1v) is 7.24. The van der Waals surface area contributed by atoms with Crippen molar-refractivity contribution in [1.29, 1.82) is 0 Å². The number of allylic oxidation sites excluding steroid dienone is 4. The Kier molecular flexibility index (Phi) is 12.7. The topological polar surface area (TPSA) is 0 Å². The van der Waals surface area contributed by atoms with Crippen molar-refractivity contribution in [3.63, 3.8) is 0 Å². The van der Waals surface area contributed by atoms with Crippen molar-refractivity contribution in [3.05, 3.63) is 24.3 Å². The van der Waals surface area contributed by atoms with Gasteiger partial charge in [-0.2, -0.15) is 0 Å². The maximum Gasteiger partial charge on any atom is 0.0223 e. The second kappa shape index (κ2) is 12.8. The third-order valence-electron chi connectivity index (χ3n) is 2.69. The van der Waals surface area contributed by atoms with Crippen molar-refractivity contribution in [2.45, 2.75) is 58.8 Å². The van der Waals surface area contributed by atoms with E-state index in [1.807, 2.05) is 0 Å². The lowest BCUT2D eigenvalue weighted by molar-refractivity contribution is 0.634. The van der Waals surface area contributed by atoms with Crippen LogP contribution in [0.1, 0.15) is 58.8 Å². The van der Waals surface area contributed by atoms with Crippen LogP contribution in [0.3, 0.4) is 0 Å². The van der Waals surface area contributed by atoms with E-state index in [1.165, 1.54) is 44.9 Å². The van der Waals surface area contributed by atoms with Gasteiger partial charge < -0.3 is 0 Å². The maximum absolute atomic E-state index is 5.62. The van der Waals surface area contributed by atoms with E-state index in [0.717, 1.165) is 11.8 Å². The van der Waals surface area contributed by atoms with E-state index >= 15 is 0 Å². The molecule has 0 bridgehead atoms. The first kappa shape index (κ1) is 15.8. The highest BCUT2D eigenvalue weighted by Crippen LogP contribution is 2.07. The molecule has 16 heavy (non-hydrogen) atoms. The van der Waals surface area contributed by atoms with E-state index in [4.69, 9.17) is 11.6 Å². The van der Waals surface area contributed by atoms with Crippen LogP contribution in [-0.2, 0) is 0 Å². The van der Waals surface area contributed by atoms with E-state index in [0.29, 0.717) is 0 Å². The zero-order chi connectivity index (χ0) is 12.1. The van der Waals surface area contributed by atoms with Crippen molar-refractivity contribution >= 4 is 11.6 Å². The number of unbranched alkanes of at least 4 members (excludes halogenated alkanes) is 4. The predicted octanol–water partition coefficient (Wildman–Crippen LogP) is 5.72. The van der Waals surface area contributed by atoms with Gasteiger partial charge in [0.05, 0.1) is 0 Å². The molecule has 0 aliphatic carbocycles. The van der Waals surface area contributed by atoms with E-state index in [1.54, 1.807) is 0 Å². The molecule has 0 aromatic rings. The fourth-order valence-electron chi connectivity index (χ4n) is 1.69. The molecule has 0 nitrogen and oxygen atoms in total. The largest absolute Gasteiger partial charge is 0.127 e. The second-order valence-corrected chi connectivity index (χ2v) is 4.85. The summed E-state index contributed by atoms with van der Waals surface area (Å²) < 4.78 is 0. The monoisotopic (exact) mass is 242 g/mol. The van der Waals surface area contributed by atoms with Crippen LogP contribution >= 0.6 is 11.6 Å². The van der Waals surface area contributed by atoms with Crippen LogP contribution in [0.25, 0.3) is 0 Å². The molecule has 0 aliphatic heterocycles. The zero-order valence-corrected chi connectivity index (χ0v) is 11.7. The van der Waals surface area contributed by atoms with Gasteiger partial charge in [-0.3, -0.25) is 0 Å². The Hall–Kier alpha value is -0.230. The highest BCUT2D eigenvalue weighted by Gasteiger charge is 1.91. The molecule has 0 saturated carbocycles.